The van der Waals surface area contributed by atoms with Crippen molar-refractivity contribution in [2.24, 2.45) is 17.8 Å². The van der Waals surface area contributed by atoms with Crippen molar-refractivity contribution >= 4 is 6.29 Å². The number of benzene rings is 1. The molecule has 2 unspecified atom stereocenters. The van der Waals surface area contributed by atoms with Gasteiger partial charge in [0.1, 0.15) is 6.29 Å². The lowest BCUT2D eigenvalue weighted by Crippen LogP contribution is -2.48. The van der Waals surface area contributed by atoms with E-state index in [0.29, 0.717) is 17.8 Å². The molecule has 0 spiro atoms. The fourth-order valence-electron chi connectivity index (χ4n) is 3.77. The van der Waals surface area contributed by atoms with Gasteiger partial charge in [-0.1, -0.05) is 36.8 Å². The largest absolute Gasteiger partial charge is 0.303 e. The van der Waals surface area contributed by atoms with Crippen LogP contribution in [0.4, 0.5) is 0 Å². The average Bonchev–Trinajstić information content (AvgIpc) is 2.39. The maximum Gasteiger partial charge on any atom is 0.123 e. The van der Waals surface area contributed by atoms with Gasteiger partial charge >= 0.3 is 0 Å². The first-order chi connectivity index (χ1) is 8.86. The van der Waals surface area contributed by atoms with E-state index in [1.54, 1.807) is 0 Å². The molecule has 1 heterocycles. The highest BCUT2D eigenvalue weighted by atomic mass is 16.1. The standard InChI is InChI=1S/C16H21NO/c18-12-16-14-7-4-8-15(16)11-17(10-14)9-13-5-2-1-3-6-13/h1-3,5-6,12,14-16H,4,7-11H2. The topological polar surface area (TPSA) is 20.3 Å². The monoisotopic (exact) mass is 243 g/mol. The second-order valence-corrected chi connectivity index (χ2v) is 5.84. The van der Waals surface area contributed by atoms with Gasteiger partial charge in [-0.15, -0.1) is 0 Å². The predicted octanol–water partition coefficient (Wildman–Crippen LogP) is 2.73. The zero-order valence-electron chi connectivity index (χ0n) is 10.8. The number of hydrogen-bond acceptors (Lipinski definition) is 2. The van der Waals surface area contributed by atoms with Gasteiger partial charge in [-0.25, -0.2) is 0 Å². The Morgan fingerprint density at radius 3 is 2.39 bits per heavy atom. The summed E-state index contributed by atoms with van der Waals surface area (Å²) in [6, 6.07) is 10.7. The molecule has 2 aliphatic rings. The molecule has 2 fully saturated rings. The second-order valence-electron chi connectivity index (χ2n) is 5.84. The van der Waals surface area contributed by atoms with Gasteiger partial charge in [0, 0.05) is 25.6 Å². The van der Waals surface area contributed by atoms with Gasteiger partial charge in [-0.3, -0.25) is 4.90 Å². The van der Waals surface area contributed by atoms with Gasteiger partial charge in [0.25, 0.3) is 0 Å². The van der Waals surface area contributed by atoms with Crippen molar-refractivity contribution in [3.05, 3.63) is 35.9 Å². The van der Waals surface area contributed by atoms with Gasteiger partial charge in [0.15, 0.2) is 0 Å². The number of aldehydes is 1. The Morgan fingerprint density at radius 1 is 1.11 bits per heavy atom. The lowest BCUT2D eigenvalue weighted by atomic mass is 9.69. The highest BCUT2D eigenvalue weighted by molar-refractivity contribution is 5.55. The molecule has 1 aliphatic carbocycles. The second kappa shape index (κ2) is 5.23. The minimum atomic E-state index is 0.339. The minimum Gasteiger partial charge on any atom is -0.303 e. The van der Waals surface area contributed by atoms with Gasteiger partial charge < -0.3 is 4.79 Å². The van der Waals surface area contributed by atoms with Crippen LogP contribution in [0.2, 0.25) is 0 Å². The number of carbonyl (C=O) groups excluding carboxylic acids is 1. The smallest absolute Gasteiger partial charge is 0.123 e. The van der Waals surface area contributed by atoms with Crippen LogP contribution in [0, 0.1) is 17.8 Å². The SMILES string of the molecule is O=CC1C2CCCC1CN(Cc1ccccc1)C2. The Hall–Kier alpha value is -1.15. The van der Waals surface area contributed by atoms with E-state index in [-0.39, 0.29) is 0 Å². The summed E-state index contributed by atoms with van der Waals surface area (Å²) in [5.41, 5.74) is 1.39. The first-order valence-corrected chi connectivity index (χ1v) is 7.08. The third-order valence-electron chi connectivity index (χ3n) is 4.63. The fraction of sp³-hybridized carbons (Fsp3) is 0.562. The molecule has 1 saturated carbocycles. The van der Waals surface area contributed by atoms with Crippen LogP contribution in [-0.2, 0) is 11.3 Å². The van der Waals surface area contributed by atoms with E-state index >= 15 is 0 Å². The lowest BCUT2D eigenvalue weighted by Gasteiger charge is -2.45. The Bertz CT molecular complexity index is 389. The summed E-state index contributed by atoms with van der Waals surface area (Å²) in [5, 5.41) is 0. The highest BCUT2D eigenvalue weighted by Crippen LogP contribution is 2.38. The molecule has 2 bridgehead atoms. The van der Waals surface area contributed by atoms with Crippen molar-refractivity contribution in [3.8, 4) is 0 Å². The van der Waals surface area contributed by atoms with Crippen LogP contribution in [-0.4, -0.2) is 24.3 Å². The molecule has 2 atom stereocenters. The van der Waals surface area contributed by atoms with Gasteiger partial charge in [0.05, 0.1) is 0 Å². The van der Waals surface area contributed by atoms with Crippen molar-refractivity contribution in [2.75, 3.05) is 13.1 Å². The number of likely N-dealkylation sites (tertiary alicyclic amines) is 1. The van der Waals surface area contributed by atoms with E-state index in [9.17, 15) is 4.79 Å². The molecule has 18 heavy (non-hydrogen) atoms. The number of carbonyl (C=O) groups is 1. The summed E-state index contributed by atoms with van der Waals surface area (Å²) in [6.45, 7) is 3.25. The third-order valence-corrected chi connectivity index (χ3v) is 4.63. The molecular weight excluding hydrogens is 222 g/mol. The van der Waals surface area contributed by atoms with Crippen molar-refractivity contribution in [1.29, 1.82) is 0 Å². The van der Waals surface area contributed by atoms with Crippen LogP contribution < -0.4 is 0 Å². The zero-order chi connectivity index (χ0) is 12.4. The van der Waals surface area contributed by atoms with Crippen LogP contribution in [0.15, 0.2) is 30.3 Å². The first-order valence-electron chi connectivity index (χ1n) is 7.08. The molecule has 1 aromatic rings. The van der Waals surface area contributed by atoms with E-state index in [4.69, 9.17) is 0 Å². The zero-order valence-corrected chi connectivity index (χ0v) is 10.8. The van der Waals surface area contributed by atoms with E-state index in [1.165, 1.54) is 31.1 Å². The Balaban J connectivity index is 1.68. The molecule has 1 aromatic carbocycles. The quantitative estimate of drug-likeness (QED) is 0.761. The summed E-state index contributed by atoms with van der Waals surface area (Å²) >= 11 is 0. The van der Waals surface area contributed by atoms with Crippen molar-refractivity contribution < 1.29 is 4.79 Å². The molecule has 0 N–H and O–H groups in total. The summed E-state index contributed by atoms with van der Waals surface area (Å²) in [7, 11) is 0. The summed E-state index contributed by atoms with van der Waals surface area (Å²) in [4.78, 5) is 13.8. The van der Waals surface area contributed by atoms with Crippen molar-refractivity contribution in [2.45, 2.75) is 25.8 Å². The number of rotatable bonds is 3. The maximum atomic E-state index is 11.2. The molecule has 2 nitrogen and oxygen atoms in total. The normalized spacial score (nSPS) is 32.1. The molecule has 2 heteroatoms. The first kappa shape index (κ1) is 11.9. The highest BCUT2D eigenvalue weighted by Gasteiger charge is 2.38. The number of fused-ring (bicyclic) bond motifs is 2. The van der Waals surface area contributed by atoms with Crippen molar-refractivity contribution in [3.63, 3.8) is 0 Å². The number of nitrogens with zero attached hydrogens (tertiary/aromatic N) is 1. The van der Waals surface area contributed by atoms with E-state index in [1.807, 2.05) is 0 Å². The summed E-state index contributed by atoms with van der Waals surface area (Å²) < 4.78 is 0. The number of hydrogen-bond donors (Lipinski definition) is 0. The van der Waals surface area contributed by atoms with E-state index in [0.717, 1.165) is 19.6 Å². The molecule has 96 valence electrons. The predicted molar refractivity (Wildman–Crippen MR) is 72.1 cm³/mol. The average molecular weight is 243 g/mol. The Morgan fingerprint density at radius 2 is 1.78 bits per heavy atom. The van der Waals surface area contributed by atoms with Crippen LogP contribution in [0.25, 0.3) is 0 Å². The molecule has 3 rings (SSSR count). The van der Waals surface area contributed by atoms with Gasteiger partial charge in [-0.2, -0.15) is 0 Å². The van der Waals surface area contributed by atoms with Crippen LogP contribution >= 0.6 is 0 Å². The fourth-order valence-corrected chi connectivity index (χ4v) is 3.77. The van der Waals surface area contributed by atoms with Crippen LogP contribution in [0.5, 0.6) is 0 Å². The Labute approximate surface area is 109 Å². The molecule has 0 radical (unpaired) electrons. The number of piperidine rings is 1. The van der Waals surface area contributed by atoms with E-state index in [2.05, 4.69) is 35.2 Å². The lowest BCUT2D eigenvalue weighted by molar-refractivity contribution is -0.118. The third kappa shape index (κ3) is 2.35. The van der Waals surface area contributed by atoms with Crippen LogP contribution in [0.1, 0.15) is 24.8 Å². The summed E-state index contributed by atoms with van der Waals surface area (Å²) in [6.07, 6.45) is 5.03. The Kier molecular flexibility index (Phi) is 3.46. The van der Waals surface area contributed by atoms with E-state index < -0.39 is 0 Å². The molecule has 1 aliphatic heterocycles. The molecule has 0 amide bonds. The molecular formula is C16H21NO. The van der Waals surface area contributed by atoms with Crippen LogP contribution in [0.3, 0.4) is 0 Å². The van der Waals surface area contributed by atoms with Gasteiger partial charge in [-0.05, 0) is 30.2 Å². The molecule has 1 saturated heterocycles. The summed E-state index contributed by atoms with van der Waals surface area (Å²) in [5.74, 6) is 1.56. The minimum absolute atomic E-state index is 0.339. The van der Waals surface area contributed by atoms with Crippen molar-refractivity contribution in [1.82, 2.24) is 4.90 Å². The molecule has 0 aromatic heterocycles. The van der Waals surface area contributed by atoms with Gasteiger partial charge in [0.2, 0.25) is 0 Å². The maximum absolute atomic E-state index is 11.2.